The minimum absolute atomic E-state index is 0. The molecule has 1 unspecified atom stereocenters. The van der Waals surface area contributed by atoms with Gasteiger partial charge in [-0.05, 0) is 58.0 Å². The van der Waals surface area contributed by atoms with E-state index in [9.17, 15) is 0 Å². The SMILES string of the molecule is CN=C(NCC(C1CC1)N(C)C)N(C)CCC1CCOCC1.I. The van der Waals surface area contributed by atoms with Crippen molar-refractivity contribution >= 4 is 29.9 Å². The second kappa shape index (κ2) is 10.7. The topological polar surface area (TPSA) is 40.1 Å². The molecule has 5 nitrogen and oxygen atoms in total. The second-order valence-electron chi connectivity index (χ2n) is 7.06. The molecule has 1 aliphatic carbocycles. The third-order valence-corrected chi connectivity index (χ3v) is 5.09. The van der Waals surface area contributed by atoms with Crippen molar-refractivity contribution in [2.75, 3.05) is 54.5 Å². The Balaban J connectivity index is 0.00000264. The fourth-order valence-corrected chi connectivity index (χ4v) is 3.35. The molecule has 136 valence electrons. The quantitative estimate of drug-likeness (QED) is 0.376. The maximum atomic E-state index is 5.44. The second-order valence-corrected chi connectivity index (χ2v) is 7.06. The van der Waals surface area contributed by atoms with Crippen molar-refractivity contribution in [1.29, 1.82) is 0 Å². The molecule has 0 radical (unpaired) electrons. The molecule has 0 bridgehead atoms. The highest BCUT2D eigenvalue weighted by molar-refractivity contribution is 14.0. The Hall–Kier alpha value is -0.0800. The fraction of sp³-hybridized carbons (Fsp3) is 0.941. The van der Waals surface area contributed by atoms with Crippen LogP contribution < -0.4 is 5.32 Å². The zero-order valence-electron chi connectivity index (χ0n) is 15.3. The van der Waals surface area contributed by atoms with Crippen molar-refractivity contribution in [2.24, 2.45) is 16.8 Å². The van der Waals surface area contributed by atoms with E-state index in [-0.39, 0.29) is 24.0 Å². The van der Waals surface area contributed by atoms with Crippen LogP contribution in [0.4, 0.5) is 0 Å². The first-order valence-corrected chi connectivity index (χ1v) is 8.77. The Morgan fingerprint density at radius 3 is 2.35 bits per heavy atom. The van der Waals surface area contributed by atoms with Gasteiger partial charge in [-0.2, -0.15) is 0 Å². The molecule has 0 aromatic rings. The van der Waals surface area contributed by atoms with Gasteiger partial charge in [-0.3, -0.25) is 4.99 Å². The maximum Gasteiger partial charge on any atom is 0.193 e. The van der Waals surface area contributed by atoms with Crippen LogP contribution >= 0.6 is 24.0 Å². The van der Waals surface area contributed by atoms with Crippen LogP contribution in [0.1, 0.15) is 32.1 Å². The number of hydrogen-bond donors (Lipinski definition) is 1. The van der Waals surface area contributed by atoms with E-state index in [0.29, 0.717) is 6.04 Å². The van der Waals surface area contributed by atoms with E-state index >= 15 is 0 Å². The number of nitrogens with one attached hydrogen (secondary N) is 1. The summed E-state index contributed by atoms with van der Waals surface area (Å²) in [7, 11) is 8.40. The van der Waals surface area contributed by atoms with E-state index in [1.54, 1.807) is 0 Å². The molecule has 0 aromatic carbocycles. The molecule has 1 N–H and O–H groups in total. The fourth-order valence-electron chi connectivity index (χ4n) is 3.35. The van der Waals surface area contributed by atoms with Crippen LogP contribution in [0, 0.1) is 11.8 Å². The average Bonchev–Trinajstić information content (AvgIpc) is 3.34. The van der Waals surface area contributed by atoms with Gasteiger partial charge in [0, 0.05) is 46.4 Å². The van der Waals surface area contributed by atoms with Crippen molar-refractivity contribution in [3.05, 3.63) is 0 Å². The standard InChI is InChI=1S/C17H34N4O.HI/c1-18-17(19-13-16(20(2)3)15-5-6-15)21(4)10-7-14-8-11-22-12-9-14;/h14-16H,5-13H2,1-4H3,(H,18,19);1H. The Morgan fingerprint density at radius 1 is 1.17 bits per heavy atom. The Bertz CT molecular complexity index is 353. The van der Waals surface area contributed by atoms with Crippen LogP contribution in [-0.4, -0.2) is 76.3 Å². The van der Waals surface area contributed by atoms with Gasteiger partial charge in [-0.15, -0.1) is 24.0 Å². The van der Waals surface area contributed by atoms with Crippen LogP contribution in [0.15, 0.2) is 4.99 Å². The number of likely N-dealkylation sites (N-methyl/N-ethyl adjacent to an activating group) is 1. The van der Waals surface area contributed by atoms with Crippen LogP contribution in [0.3, 0.4) is 0 Å². The summed E-state index contributed by atoms with van der Waals surface area (Å²) in [4.78, 5) is 9.07. The molecule has 2 rings (SSSR count). The van der Waals surface area contributed by atoms with E-state index in [1.807, 2.05) is 7.05 Å². The van der Waals surface area contributed by atoms with Crippen LogP contribution in [-0.2, 0) is 4.74 Å². The average molecular weight is 438 g/mol. The van der Waals surface area contributed by atoms with Gasteiger partial charge in [-0.1, -0.05) is 0 Å². The molecular formula is C17H35IN4O. The summed E-state index contributed by atoms with van der Waals surface area (Å²) < 4.78 is 5.44. The Labute approximate surface area is 159 Å². The lowest BCUT2D eigenvalue weighted by molar-refractivity contribution is 0.0625. The third-order valence-electron chi connectivity index (χ3n) is 5.09. The Morgan fingerprint density at radius 2 is 1.83 bits per heavy atom. The molecule has 1 heterocycles. The van der Waals surface area contributed by atoms with Crippen LogP contribution in [0.5, 0.6) is 0 Å². The number of aliphatic imine (C=N–C) groups is 1. The smallest absolute Gasteiger partial charge is 0.193 e. The normalized spacial score (nSPS) is 21.0. The molecule has 1 saturated heterocycles. The van der Waals surface area contributed by atoms with Gasteiger partial charge < -0.3 is 19.9 Å². The first kappa shape index (κ1) is 21.0. The molecular weight excluding hydrogens is 403 g/mol. The molecule has 1 saturated carbocycles. The molecule has 0 amide bonds. The molecule has 1 atom stereocenters. The summed E-state index contributed by atoms with van der Waals surface area (Å²) in [6.45, 7) is 3.94. The molecule has 2 fully saturated rings. The van der Waals surface area contributed by atoms with Crippen molar-refractivity contribution in [2.45, 2.75) is 38.1 Å². The van der Waals surface area contributed by atoms with E-state index in [1.165, 1.54) is 32.1 Å². The number of rotatable bonds is 7. The highest BCUT2D eigenvalue weighted by Gasteiger charge is 2.32. The minimum atomic E-state index is 0. The van der Waals surface area contributed by atoms with Gasteiger partial charge in [0.05, 0.1) is 0 Å². The third kappa shape index (κ3) is 7.13. The van der Waals surface area contributed by atoms with Gasteiger partial charge in [0.2, 0.25) is 0 Å². The largest absolute Gasteiger partial charge is 0.381 e. The number of halogens is 1. The van der Waals surface area contributed by atoms with Crippen molar-refractivity contribution in [3.63, 3.8) is 0 Å². The molecule has 0 spiro atoms. The maximum absolute atomic E-state index is 5.44. The molecule has 1 aliphatic heterocycles. The van der Waals surface area contributed by atoms with Crippen molar-refractivity contribution in [1.82, 2.24) is 15.1 Å². The highest BCUT2D eigenvalue weighted by atomic mass is 127. The predicted octanol–water partition coefficient (Wildman–Crippen LogP) is 2.27. The lowest BCUT2D eigenvalue weighted by atomic mass is 9.96. The predicted molar refractivity (Wildman–Crippen MR) is 108 cm³/mol. The minimum Gasteiger partial charge on any atom is -0.381 e. The monoisotopic (exact) mass is 438 g/mol. The van der Waals surface area contributed by atoms with Crippen LogP contribution in [0.25, 0.3) is 0 Å². The summed E-state index contributed by atoms with van der Waals surface area (Å²) in [6, 6.07) is 0.626. The van der Waals surface area contributed by atoms with E-state index in [4.69, 9.17) is 4.74 Å². The van der Waals surface area contributed by atoms with E-state index in [2.05, 4.69) is 41.3 Å². The zero-order valence-corrected chi connectivity index (χ0v) is 17.6. The lowest BCUT2D eigenvalue weighted by Crippen LogP contribution is -2.47. The number of guanidine groups is 1. The van der Waals surface area contributed by atoms with E-state index < -0.39 is 0 Å². The van der Waals surface area contributed by atoms with Gasteiger partial charge in [0.25, 0.3) is 0 Å². The zero-order chi connectivity index (χ0) is 15.9. The molecule has 0 aromatic heterocycles. The summed E-state index contributed by atoms with van der Waals surface area (Å²) in [5, 5.41) is 3.57. The molecule has 6 heteroatoms. The number of ether oxygens (including phenoxy) is 1. The highest BCUT2D eigenvalue weighted by Crippen LogP contribution is 2.34. The van der Waals surface area contributed by atoms with Gasteiger partial charge in [-0.25, -0.2) is 0 Å². The van der Waals surface area contributed by atoms with E-state index in [0.717, 1.165) is 44.1 Å². The number of hydrogen-bond acceptors (Lipinski definition) is 3. The Kier molecular flexibility index (Phi) is 9.77. The first-order chi connectivity index (χ1) is 10.6. The van der Waals surface area contributed by atoms with Crippen molar-refractivity contribution in [3.8, 4) is 0 Å². The summed E-state index contributed by atoms with van der Waals surface area (Å²) in [5.74, 6) is 2.71. The van der Waals surface area contributed by atoms with Gasteiger partial charge in [0.1, 0.15) is 0 Å². The molecule has 2 aliphatic rings. The summed E-state index contributed by atoms with van der Waals surface area (Å²) in [5.41, 5.74) is 0. The first-order valence-electron chi connectivity index (χ1n) is 8.77. The van der Waals surface area contributed by atoms with Gasteiger partial charge >= 0.3 is 0 Å². The molecule has 23 heavy (non-hydrogen) atoms. The lowest BCUT2D eigenvalue weighted by Gasteiger charge is -2.29. The summed E-state index contributed by atoms with van der Waals surface area (Å²) >= 11 is 0. The van der Waals surface area contributed by atoms with Gasteiger partial charge in [0.15, 0.2) is 5.96 Å². The summed E-state index contributed by atoms with van der Waals surface area (Å²) in [6.07, 6.45) is 6.42. The van der Waals surface area contributed by atoms with Crippen molar-refractivity contribution < 1.29 is 4.74 Å². The number of nitrogens with zero attached hydrogens (tertiary/aromatic N) is 3. The van der Waals surface area contributed by atoms with Crippen LogP contribution in [0.2, 0.25) is 0 Å².